The van der Waals surface area contributed by atoms with Crippen LogP contribution in [0.15, 0.2) is 30.3 Å². The van der Waals surface area contributed by atoms with Crippen molar-refractivity contribution in [3.8, 4) is 0 Å². The molecule has 0 aliphatic heterocycles. The zero-order valence-corrected chi connectivity index (χ0v) is 13.7. The van der Waals surface area contributed by atoms with Crippen LogP contribution in [0, 0.1) is 0 Å². The van der Waals surface area contributed by atoms with Gasteiger partial charge in [-0.05, 0) is 26.3 Å². The summed E-state index contributed by atoms with van der Waals surface area (Å²) in [5.41, 5.74) is -0.625. The fourth-order valence-corrected chi connectivity index (χ4v) is 2.42. The molecule has 8 heteroatoms. The summed E-state index contributed by atoms with van der Waals surface area (Å²) in [6.07, 6.45) is -8.83. The third kappa shape index (κ3) is 5.38. The fraction of sp³-hybridized carbons (Fsp3) is 0.562. The third-order valence-electron chi connectivity index (χ3n) is 3.39. The lowest BCUT2D eigenvalue weighted by molar-refractivity contribution is -0.246. The third-order valence-corrected chi connectivity index (χ3v) is 3.39. The van der Waals surface area contributed by atoms with E-state index in [2.05, 4.69) is 0 Å². The Morgan fingerprint density at radius 3 is 2.12 bits per heavy atom. The molecule has 0 saturated carbocycles. The molecule has 2 atom stereocenters. The summed E-state index contributed by atoms with van der Waals surface area (Å²) in [7, 11) is 0. The Bertz CT molecular complexity index is 528. The molecule has 0 unspecified atom stereocenters. The molecule has 0 spiro atoms. The summed E-state index contributed by atoms with van der Waals surface area (Å²) >= 11 is 0. The van der Waals surface area contributed by atoms with E-state index in [1.165, 1.54) is 20.8 Å². The van der Waals surface area contributed by atoms with Gasteiger partial charge in [-0.25, -0.2) is 4.79 Å². The zero-order chi connectivity index (χ0) is 18.5. The van der Waals surface area contributed by atoms with E-state index < -0.39 is 36.6 Å². The van der Waals surface area contributed by atoms with Crippen LogP contribution < -0.4 is 0 Å². The predicted molar refractivity (Wildman–Crippen MR) is 81.6 cm³/mol. The molecule has 1 amide bonds. The van der Waals surface area contributed by atoms with Crippen LogP contribution in [0.5, 0.6) is 0 Å². The van der Waals surface area contributed by atoms with Gasteiger partial charge in [0.25, 0.3) is 0 Å². The number of aliphatic hydroxyl groups excluding tert-OH is 1. The molecule has 24 heavy (non-hydrogen) atoms. The molecular formula is C16H22F3NO4. The van der Waals surface area contributed by atoms with Gasteiger partial charge in [-0.15, -0.1) is 0 Å². The molecule has 0 aliphatic rings. The molecule has 1 rings (SSSR count). The minimum Gasteiger partial charge on any atom is -0.465 e. The molecule has 0 radical (unpaired) electrons. The Morgan fingerprint density at radius 1 is 1.21 bits per heavy atom. The van der Waals surface area contributed by atoms with Gasteiger partial charge < -0.3 is 14.9 Å². The summed E-state index contributed by atoms with van der Waals surface area (Å²) in [4.78, 5) is 12.0. The first-order valence-electron chi connectivity index (χ1n) is 7.34. The number of aliphatic hydroxyl groups is 1. The van der Waals surface area contributed by atoms with Crippen LogP contribution in [0.1, 0.15) is 26.3 Å². The van der Waals surface area contributed by atoms with Crippen molar-refractivity contribution in [3.63, 3.8) is 0 Å². The van der Waals surface area contributed by atoms with Crippen molar-refractivity contribution in [1.82, 2.24) is 4.90 Å². The van der Waals surface area contributed by atoms with Crippen LogP contribution in [0.2, 0.25) is 0 Å². The van der Waals surface area contributed by atoms with Crippen molar-refractivity contribution in [2.24, 2.45) is 0 Å². The first kappa shape index (κ1) is 20.2. The SMILES string of the molecule is CC(C)(C)N(C(=O)O)[C@@H](CO)[C@H](OCc1ccccc1)C(F)(F)F. The molecule has 0 heterocycles. The van der Waals surface area contributed by atoms with Gasteiger partial charge in [0.2, 0.25) is 0 Å². The molecular weight excluding hydrogens is 327 g/mol. The highest BCUT2D eigenvalue weighted by atomic mass is 19.4. The standard InChI is InChI=1S/C16H22F3NO4/c1-15(2,3)20(14(22)23)12(9-21)13(16(17,18)19)24-10-11-7-5-4-6-8-11/h4-8,12-13,21H,9-10H2,1-3H3,(H,22,23)/t12-,13-/m0/s1. The second-order valence-corrected chi connectivity index (χ2v) is 6.33. The first-order chi connectivity index (χ1) is 11.0. The van der Waals surface area contributed by atoms with Crippen LogP contribution in [-0.2, 0) is 11.3 Å². The van der Waals surface area contributed by atoms with Gasteiger partial charge in [-0.2, -0.15) is 13.2 Å². The summed E-state index contributed by atoms with van der Waals surface area (Å²) < 4.78 is 45.2. The Hall–Kier alpha value is -1.80. The maximum atomic E-state index is 13.4. The van der Waals surface area contributed by atoms with Gasteiger partial charge in [0.15, 0.2) is 6.10 Å². The number of hydrogen-bond donors (Lipinski definition) is 2. The maximum Gasteiger partial charge on any atom is 0.416 e. The Balaban J connectivity index is 3.09. The maximum absolute atomic E-state index is 13.4. The molecule has 0 bridgehead atoms. The lowest BCUT2D eigenvalue weighted by atomic mass is 10.00. The summed E-state index contributed by atoms with van der Waals surface area (Å²) in [5.74, 6) is 0. The number of carbonyl (C=O) groups is 1. The largest absolute Gasteiger partial charge is 0.465 e. The number of hydrogen-bond acceptors (Lipinski definition) is 3. The molecule has 0 fully saturated rings. The van der Waals surface area contributed by atoms with Crippen LogP contribution in [-0.4, -0.2) is 51.7 Å². The van der Waals surface area contributed by atoms with E-state index >= 15 is 0 Å². The van der Waals surface area contributed by atoms with E-state index in [9.17, 15) is 28.2 Å². The van der Waals surface area contributed by atoms with Crippen molar-refractivity contribution < 1.29 is 32.9 Å². The van der Waals surface area contributed by atoms with Crippen LogP contribution >= 0.6 is 0 Å². The van der Waals surface area contributed by atoms with Crippen molar-refractivity contribution >= 4 is 6.09 Å². The molecule has 0 aromatic heterocycles. The van der Waals surface area contributed by atoms with Crippen LogP contribution in [0.25, 0.3) is 0 Å². The average molecular weight is 349 g/mol. The van der Waals surface area contributed by atoms with E-state index in [1.807, 2.05) is 0 Å². The van der Waals surface area contributed by atoms with Gasteiger partial charge in [0.05, 0.1) is 19.3 Å². The van der Waals surface area contributed by atoms with Crippen LogP contribution in [0.4, 0.5) is 18.0 Å². The molecule has 2 N–H and O–H groups in total. The highest BCUT2D eigenvalue weighted by molar-refractivity contribution is 5.66. The summed E-state index contributed by atoms with van der Waals surface area (Å²) in [6, 6.07) is 6.45. The number of alkyl halides is 3. The quantitative estimate of drug-likeness (QED) is 0.827. The average Bonchev–Trinajstić information content (AvgIpc) is 2.44. The number of carboxylic acid groups (broad SMARTS) is 1. The number of nitrogens with zero attached hydrogens (tertiary/aromatic N) is 1. The van der Waals surface area contributed by atoms with E-state index in [0.29, 0.717) is 10.5 Å². The highest BCUT2D eigenvalue weighted by Crippen LogP contribution is 2.31. The fourth-order valence-electron chi connectivity index (χ4n) is 2.42. The van der Waals surface area contributed by atoms with Crippen molar-refractivity contribution in [3.05, 3.63) is 35.9 Å². The smallest absolute Gasteiger partial charge is 0.416 e. The number of halogens is 3. The molecule has 5 nitrogen and oxygen atoms in total. The van der Waals surface area contributed by atoms with Crippen molar-refractivity contribution in [2.45, 2.75) is 51.2 Å². The van der Waals surface area contributed by atoms with Crippen molar-refractivity contribution in [1.29, 1.82) is 0 Å². The van der Waals surface area contributed by atoms with Gasteiger partial charge in [-0.3, -0.25) is 4.90 Å². The minimum atomic E-state index is -4.83. The van der Waals surface area contributed by atoms with E-state index in [4.69, 9.17) is 4.74 Å². The lowest BCUT2D eigenvalue weighted by Crippen LogP contribution is -2.60. The molecule has 1 aromatic rings. The van der Waals surface area contributed by atoms with Crippen LogP contribution in [0.3, 0.4) is 0 Å². The van der Waals surface area contributed by atoms with Gasteiger partial charge >= 0.3 is 12.3 Å². The Morgan fingerprint density at radius 2 is 1.75 bits per heavy atom. The topological polar surface area (TPSA) is 70.0 Å². The molecule has 0 saturated heterocycles. The number of rotatable bonds is 6. The molecule has 0 aliphatic carbocycles. The summed E-state index contributed by atoms with van der Waals surface area (Å²) in [5, 5.41) is 18.8. The first-order valence-corrected chi connectivity index (χ1v) is 7.34. The lowest BCUT2D eigenvalue weighted by Gasteiger charge is -2.42. The monoisotopic (exact) mass is 349 g/mol. The highest BCUT2D eigenvalue weighted by Gasteiger charge is 2.51. The second kappa shape index (κ2) is 7.85. The van der Waals surface area contributed by atoms with Gasteiger partial charge in [-0.1, -0.05) is 30.3 Å². The van der Waals surface area contributed by atoms with E-state index in [0.717, 1.165) is 0 Å². The number of amides is 1. The number of ether oxygens (including phenoxy) is 1. The van der Waals surface area contributed by atoms with E-state index in [1.54, 1.807) is 30.3 Å². The van der Waals surface area contributed by atoms with Gasteiger partial charge in [0, 0.05) is 5.54 Å². The molecule has 136 valence electrons. The Kier molecular flexibility index (Phi) is 6.62. The second-order valence-electron chi connectivity index (χ2n) is 6.33. The molecule has 1 aromatic carbocycles. The normalized spacial score (nSPS) is 15.0. The number of benzene rings is 1. The zero-order valence-electron chi connectivity index (χ0n) is 13.7. The Labute approximate surface area is 138 Å². The van der Waals surface area contributed by atoms with Gasteiger partial charge in [0.1, 0.15) is 0 Å². The van der Waals surface area contributed by atoms with E-state index in [-0.39, 0.29) is 6.61 Å². The minimum absolute atomic E-state index is 0.348. The van der Waals surface area contributed by atoms with Crippen molar-refractivity contribution in [2.75, 3.05) is 6.61 Å². The predicted octanol–water partition coefficient (Wildman–Crippen LogP) is 3.27. The summed E-state index contributed by atoms with van der Waals surface area (Å²) in [6.45, 7) is 3.00.